The van der Waals surface area contributed by atoms with Gasteiger partial charge in [-0.2, -0.15) is 0 Å². The molecule has 0 aliphatic carbocycles. The van der Waals surface area contributed by atoms with Crippen LogP contribution >= 0.6 is 0 Å². The first kappa shape index (κ1) is 13.4. The van der Waals surface area contributed by atoms with Crippen LogP contribution in [-0.4, -0.2) is 34.1 Å². The maximum atomic E-state index is 10.8. The van der Waals surface area contributed by atoms with Gasteiger partial charge in [-0.05, 0) is 12.8 Å². The van der Waals surface area contributed by atoms with Crippen molar-refractivity contribution in [3.8, 4) is 0 Å². The number of aromatic carboxylic acids is 1. The van der Waals surface area contributed by atoms with E-state index in [2.05, 4.69) is 23.8 Å². The van der Waals surface area contributed by atoms with Gasteiger partial charge in [0.25, 0.3) is 0 Å². The Hall–Kier alpha value is -1.65. The van der Waals surface area contributed by atoms with Gasteiger partial charge in [0, 0.05) is 13.1 Å². The standard InChI is InChI=1S/C12H19N3O2/c1-4-9(3)8-15(5-2)11-7-13-6-10(14-11)12(16)17/h6-7,9H,4-5,8H2,1-3H3,(H,16,17). The molecule has 0 saturated carbocycles. The molecule has 0 fully saturated rings. The van der Waals surface area contributed by atoms with Gasteiger partial charge in [-0.3, -0.25) is 4.98 Å². The summed E-state index contributed by atoms with van der Waals surface area (Å²) in [7, 11) is 0. The Labute approximate surface area is 102 Å². The SMILES string of the molecule is CCC(C)CN(CC)c1cncc(C(=O)O)n1. The minimum atomic E-state index is -1.04. The van der Waals surface area contributed by atoms with E-state index in [9.17, 15) is 4.79 Å². The summed E-state index contributed by atoms with van der Waals surface area (Å²) in [6.07, 6.45) is 3.96. The first-order chi connectivity index (χ1) is 8.08. The summed E-state index contributed by atoms with van der Waals surface area (Å²) in [6, 6.07) is 0. The molecule has 1 atom stereocenters. The molecule has 1 heterocycles. The van der Waals surface area contributed by atoms with Crippen molar-refractivity contribution in [1.29, 1.82) is 0 Å². The number of carbonyl (C=O) groups is 1. The molecule has 1 rings (SSSR count). The highest BCUT2D eigenvalue weighted by Crippen LogP contribution is 2.13. The number of carboxylic acid groups (broad SMARTS) is 1. The Morgan fingerprint density at radius 1 is 1.47 bits per heavy atom. The van der Waals surface area contributed by atoms with Gasteiger partial charge in [0.1, 0.15) is 5.82 Å². The molecular weight excluding hydrogens is 218 g/mol. The molecule has 0 radical (unpaired) electrons. The smallest absolute Gasteiger partial charge is 0.356 e. The van der Waals surface area contributed by atoms with Crippen molar-refractivity contribution >= 4 is 11.8 Å². The Morgan fingerprint density at radius 2 is 2.18 bits per heavy atom. The van der Waals surface area contributed by atoms with Crippen molar-refractivity contribution in [2.75, 3.05) is 18.0 Å². The van der Waals surface area contributed by atoms with E-state index in [0.29, 0.717) is 11.7 Å². The van der Waals surface area contributed by atoms with Crippen LogP contribution in [0, 0.1) is 5.92 Å². The van der Waals surface area contributed by atoms with E-state index >= 15 is 0 Å². The molecule has 0 saturated heterocycles. The average Bonchev–Trinajstić information content (AvgIpc) is 2.35. The minimum absolute atomic E-state index is 0.00917. The van der Waals surface area contributed by atoms with E-state index in [1.807, 2.05) is 11.8 Å². The Kier molecular flexibility index (Phi) is 4.87. The fourth-order valence-corrected chi connectivity index (χ4v) is 1.50. The van der Waals surface area contributed by atoms with Crippen molar-refractivity contribution in [3.63, 3.8) is 0 Å². The molecule has 94 valence electrons. The summed E-state index contributed by atoms with van der Waals surface area (Å²) < 4.78 is 0. The lowest BCUT2D eigenvalue weighted by Crippen LogP contribution is -2.29. The molecule has 1 N–H and O–H groups in total. The van der Waals surface area contributed by atoms with Gasteiger partial charge in [0.15, 0.2) is 5.69 Å². The Bertz CT molecular complexity index is 382. The predicted molar refractivity (Wildman–Crippen MR) is 66.3 cm³/mol. The predicted octanol–water partition coefficient (Wildman–Crippen LogP) is 2.05. The molecule has 0 bridgehead atoms. The zero-order valence-corrected chi connectivity index (χ0v) is 10.6. The number of carboxylic acids is 1. The molecule has 0 aliphatic heterocycles. The summed E-state index contributed by atoms with van der Waals surface area (Å²) >= 11 is 0. The summed E-state index contributed by atoms with van der Waals surface area (Å²) in [5.74, 6) is 0.136. The molecule has 1 unspecified atom stereocenters. The Balaban J connectivity index is 2.88. The first-order valence-corrected chi connectivity index (χ1v) is 5.88. The van der Waals surface area contributed by atoms with E-state index in [-0.39, 0.29) is 5.69 Å². The van der Waals surface area contributed by atoms with Gasteiger partial charge < -0.3 is 10.0 Å². The zero-order chi connectivity index (χ0) is 12.8. The van der Waals surface area contributed by atoms with Crippen LogP contribution in [-0.2, 0) is 0 Å². The number of hydrogen-bond donors (Lipinski definition) is 1. The molecule has 17 heavy (non-hydrogen) atoms. The van der Waals surface area contributed by atoms with E-state index in [1.165, 1.54) is 6.20 Å². The largest absolute Gasteiger partial charge is 0.476 e. The van der Waals surface area contributed by atoms with Gasteiger partial charge in [0.2, 0.25) is 0 Å². The van der Waals surface area contributed by atoms with Crippen LogP contribution in [0.5, 0.6) is 0 Å². The van der Waals surface area contributed by atoms with Gasteiger partial charge >= 0.3 is 5.97 Å². The highest BCUT2D eigenvalue weighted by Gasteiger charge is 2.12. The molecule has 0 aliphatic rings. The second kappa shape index (κ2) is 6.18. The highest BCUT2D eigenvalue weighted by atomic mass is 16.4. The van der Waals surface area contributed by atoms with Crippen LogP contribution in [0.3, 0.4) is 0 Å². The lowest BCUT2D eigenvalue weighted by atomic mass is 10.1. The number of rotatable bonds is 6. The van der Waals surface area contributed by atoms with Crippen molar-refractivity contribution < 1.29 is 9.90 Å². The van der Waals surface area contributed by atoms with Crippen molar-refractivity contribution in [3.05, 3.63) is 18.1 Å². The summed E-state index contributed by atoms with van der Waals surface area (Å²) in [5, 5.41) is 8.87. The average molecular weight is 237 g/mol. The van der Waals surface area contributed by atoms with Crippen LogP contribution in [0.15, 0.2) is 12.4 Å². The third-order valence-corrected chi connectivity index (χ3v) is 2.78. The molecule has 5 heteroatoms. The van der Waals surface area contributed by atoms with Crippen LogP contribution in [0.2, 0.25) is 0 Å². The van der Waals surface area contributed by atoms with Gasteiger partial charge in [-0.15, -0.1) is 0 Å². The summed E-state index contributed by atoms with van der Waals surface area (Å²) in [6.45, 7) is 7.99. The fraction of sp³-hybridized carbons (Fsp3) is 0.583. The van der Waals surface area contributed by atoms with Crippen molar-refractivity contribution in [2.45, 2.75) is 27.2 Å². The lowest BCUT2D eigenvalue weighted by molar-refractivity contribution is 0.0690. The molecule has 5 nitrogen and oxygen atoms in total. The van der Waals surface area contributed by atoms with Crippen molar-refractivity contribution in [1.82, 2.24) is 9.97 Å². The third-order valence-electron chi connectivity index (χ3n) is 2.78. The maximum Gasteiger partial charge on any atom is 0.356 e. The van der Waals surface area contributed by atoms with Crippen LogP contribution in [0.25, 0.3) is 0 Å². The van der Waals surface area contributed by atoms with Gasteiger partial charge in [-0.1, -0.05) is 20.3 Å². The van der Waals surface area contributed by atoms with Gasteiger partial charge in [0.05, 0.1) is 12.4 Å². The normalized spacial score (nSPS) is 12.2. The first-order valence-electron chi connectivity index (χ1n) is 5.88. The Morgan fingerprint density at radius 3 is 2.71 bits per heavy atom. The summed E-state index contributed by atoms with van der Waals surface area (Å²) in [5.41, 5.74) is -0.00917. The molecule has 0 amide bonds. The number of aromatic nitrogens is 2. The van der Waals surface area contributed by atoms with E-state index in [4.69, 9.17) is 5.11 Å². The van der Waals surface area contributed by atoms with E-state index in [1.54, 1.807) is 6.20 Å². The maximum absolute atomic E-state index is 10.8. The van der Waals surface area contributed by atoms with Crippen LogP contribution < -0.4 is 4.90 Å². The monoisotopic (exact) mass is 237 g/mol. The van der Waals surface area contributed by atoms with Crippen LogP contribution in [0.1, 0.15) is 37.7 Å². The molecule has 0 spiro atoms. The number of anilines is 1. The summed E-state index contributed by atoms with van der Waals surface area (Å²) in [4.78, 5) is 20.9. The topological polar surface area (TPSA) is 66.3 Å². The second-order valence-electron chi connectivity index (χ2n) is 4.12. The second-order valence-corrected chi connectivity index (χ2v) is 4.12. The molecule has 0 aromatic carbocycles. The van der Waals surface area contributed by atoms with E-state index < -0.39 is 5.97 Å². The molecule has 1 aromatic rings. The fourth-order valence-electron chi connectivity index (χ4n) is 1.50. The minimum Gasteiger partial charge on any atom is -0.476 e. The molecular formula is C12H19N3O2. The van der Waals surface area contributed by atoms with E-state index in [0.717, 1.165) is 19.5 Å². The van der Waals surface area contributed by atoms with Crippen molar-refractivity contribution in [2.24, 2.45) is 5.92 Å². The molecule has 1 aromatic heterocycles. The number of nitrogens with zero attached hydrogens (tertiary/aromatic N) is 3. The van der Waals surface area contributed by atoms with Gasteiger partial charge in [-0.25, -0.2) is 9.78 Å². The number of hydrogen-bond acceptors (Lipinski definition) is 4. The third kappa shape index (κ3) is 3.69. The zero-order valence-electron chi connectivity index (χ0n) is 10.6. The lowest BCUT2D eigenvalue weighted by Gasteiger charge is -2.24. The van der Waals surface area contributed by atoms with Crippen LogP contribution in [0.4, 0.5) is 5.82 Å². The highest BCUT2D eigenvalue weighted by molar-refractivity contribution is 5.85. The quantitative estimate of drug-likeness (QED) is 0.820.